The predicted molar refractivity (Wildman–Crippen MR) is 136 cm³/mol. The molecule has 3 aromatic carbocycles. The van der Waals surface area contributed by atoms with Gasteiger partial charge in [0.15, 0.2) is 6.61 Å². The van der Waals surface area contributed by atoms with Crippen LogP contribution >= 0.6 is 11.6 Å². The Morgan fingerprint density at radius 2 is 1.68 bits per heavy atom. The number of likely N-dealkylation sites (N-methyl/N-ethyl adjacent to an activating group) is 1. The number of ether oxygens (including phenoxy) is 1. The molecule has 0 aliphatic carbocycles. The van der Waals surface area contributed by atoms with Gasteiger partial charge in [0.2, 0.25) is 5.91 Å². The summed E-state index contributed by atoms with van der Waals surface area (Å²) < 4.78 is 5.91. The first-order valence-corrected chi connectivity index (χ1v) is 11.8. The van der Waals surface area contributed by atoms with Crippen LogP contribution in [0.15, 0.2) is 72.8 Å². The van der Waals surface area contributed by atoms with Gasteiger partial charge in [-0.3, -0.25) is 9.59 Å². The van der Waals surface area contributed by atoms with Crippen molar-refractivity contribution in [3.63, 3.8) is 0 Å². The highest BCUT2D eigenvalue weighted by Gasteiger charge is 2.31. The van der Waals surface area contributed by atoms with Crippen LogP contribution in [0.1, 0.15) is 29.2 Å². The zero-order valence-corrected chi connectivity index (χ0v) is 20.6. The van der Waals surface area contributed by atoms with E-state index < -0.39 is 6.04 Å². The van der Waals surface area contributed by atoms with Crippen LogP contribution in [-0.4, -0.2) is 35.9 Å². The zero-order chi connectivity index (χ0) is 24.5. The predicted octanol–water partition coefficient (Wildman–Crippen LogP) is 5.11. The average molecular weight is 479 g/mol. The van der Waals surface area contributed by atoms with Crippen molar-refractivity contribution in [2.45, 2.75) is 39.8 Å². The molecule has 0 saturated carbocycles. The van der Waals surface area contributed by atoms with E-state index in [4.69, 9.17) is 16.3 Å². The summed E-state index contributed by atoms with van der Waals surface area (Å²) in [5, 5.41) is 3.43. The molecule has 5 nitrogen and oxygen atoms in total. The zero-order valence-electron chi connectivity index (χ0n) is 19.9. The van der Waals surface area contributed by atoms with Crippen LogP contribution in [-0.2, 0) is 22.6 Å². The SMILES string of the molecule is CCNC(=O)[C@H](Cc1ccccc1)N(Cc1ccccc1Cl)C(=O)COc1cccc(C)c1C. The van der Waals surface area contributed by atoms with Crippen molar-refractivity contribution in [1.82, 2.24) is 10.2 Å². The molecule has 3 aromatic rings. The average Bonchev–Trinajstić information content (AvgIpc) is 2.84. The number of hydrogen-bond donors (Lipinski definition) is 1. The first-order valence-electron chi connectivity index (χ1n) is 11.4. The molecule has 1 N–H and O–H groups in total. The number of carbonyl (C=O) groups is 2. The smallest absolute Gasteiger partial charge is 0.261 e. The van der Waals surface area contributed by atoms with E-state index in [9.17, 15) is 9.59 Å². The maximum atomic E-state index is 13.5. The Kier molecular flexibility index (Phi) is 9.11. The van der Waals surface area contributed by atoms with Crippen molar-refractivity contribution in [2.75, 3.05) is 13.2 Å². The van der Waals surface area contributed by atoms with Crippen LogP contribution in [0.3, 0.4) is 0 Å². The van der Waals surface area contributed by atoms with Gasteiger partial charge in [0.1, 0.15) is 11.8 Å². The minimum atomic E-state index is -0.715. The van der Waals surface area contributed by atoms with Gasteiger partial charge in [-0.25, -0.2) is 0 Å². The summed E-state index contributed by atoms with van der Waals surface area (Å²) in [7, 11) is 0. The van der Waals surface area contributed by atoms with Crippen molar-refractivity contribution in [1.29, 1.82) is 0 Å². The fraction of sp³-hybridized carbons (Fsp3) is 0.286. The Morgan fingerprint density at radius 3 is 2.38 bits per heavy atom. The van der Waals surface area contributed by atoms with Crippen molar-refractivity contribution in [3.05, 3.63) is 100 Å². The lowest BCUT2D eigenvalue weighted by molar-refractivity contribution is -0.142. The second-order valence-electron chi connectivity index (χ2n) is 8.20. The summed E-state index contributed by atoms with van der Waals surface area (Å²) in [6, 6.07) is 22.1. The molecule has 0 heterocycles. The monoisotopic (exact) mass is 478 g/mol. The fourth-order valence-electron chi connectivity index (χ4n) is 3.76. The lowest BCUT2D eigenvalue weighted by Crippen LogP contribution is -2.51. The Labute approximate surface area is 206 Å². The summed E-state index contributed by atoms with van der Waals surface area (Å²) in [6.45, 7) is 6.31. The van der Waals surface area contributed by atoms with E-state index in [0.29, 0.717) is 23.7 Å². The van der Waals surface area contributed by atoms with Crippen LogP contribution < -0.4 is 10.1 Å². The van der Waals surface area contributed by atoms with Crippen LogP contribution in [0.4, 0.5) is 0 Å². The maximum absolute atomic E-state index is 13.5. The fourth-order valence-corrected chi connectivity index (χ4v) is 3.95. The quantitative estimate of drug-likeness (QED) is 0.440. The third-order valence-corrected chi connectivity index (χ3v) is 6.20. The third-order valence-electron chi connectivity index (χ3n) is 5.83. The number of hydrogen-bond acceptors (Lipinski definition) is 3. The van der Waals surface area contributed by atoms with Gasteiger partial charge in [0.05, 0.1) is 0 Å². The molecule has 0 radical (unpaired) electrons. The number of carbonyl (C=O) groups excluding carboxylic acids is 2. The second kappa shape index (κ2) is 12.2. The van der Waals surface area contributed by atoms with E-state index in [-0.39, 0.29) is 25.0 Å². The summed E-state index contributed by atoms with van der Waals surface area (Å²) in [5.74, 6) is 0.162. The van der Waals surface area contributed by atoms with E-state index in [2.05, 4.69) is 5.32 Å². The number of amides is 2. The molecular weight excluding hydrogens is 448 g/mol. The van der Waals surface area contributed by atoms with E-state index >= 15 is 0 Å². The topological polar surface area (TPSA) is 58.6 Å². The molecular formula is C28H31ClN2O3. The highest BCUT2D eigenvalue weighted by Crippen LogP contribution is 2.23. The minimum Gasteiger partial charge on any atom is -0.483 e. The second-order valence-corrected chi connectivity index (χ2v) is 8.61. The summed E-state index contributed by atoms with van der Waals surface area (Å²) in [4.78, 5) is 28.3. The Morgan fingerprint density at radius 1 is 0.971 bits per heavy atom. The number of benzene rings is 3. The molecule has 0 saturated heterocycles. The lowest BCUT2D eigenvalue weighted by Gasteiger charge is -2.31. The number of halogens is 1. The molecule has 2 amide bonds. The molecule has 1 atom stereocenters. The Bertz CT molecular complexity index is 1120. The Balaban J connectivity index is 1.92. The van der Waals surface area contributed by atoms with Gasteiger partial charge in [-0.2, -0.15) is 0 Å². The molecule has 34 heavy (non-hydrogen) atoms. The first kappa shape index (κ1) is 25.3. The number of nitrogens with one attached hydrogen (secondary N) is 1. The number of aryl methyl sites for hydroxylation is 1. The van der Waals surface area contributed by atoms with Gasteiger partial charge in [0, 0.05) is 24.5 Å². The molecule has 6 heteroatoms. The van der Waals surface area contributed by atoms with Gasteiger partial charge in [-0.1, -0.05) is 72.3 Å². The van der Waals surface area contributed by atoms with Crippen LogP contribution in [0.25, 0.3) is 0 Å². The maximum Gasteiger partial charge on any atom is 0.261 e. The van der Waals surface area contributed by atoms with E-state index in [0.717, 1.165) is 22.3 Å². The van der Waals surface area contributed by atoms with Crippen molar-refractivity contribution in [2.24, 2.45) is 0 Å². The minimum absolute atomic E-state index is 0.181. The van der Waals surface area contributed by atoms with Crippen molar-refractivity contribution >= 4 is 23.4 Å². The summed E-state index contributed by atoms with van der Waals surface area (Å²) >= 11 is 6.42. The molecule has 3 rings (SSSR count). The van der Waals surface area contributed by atoms with Crippen LogP contribution in [0.5, 0.6) is 5.75 Å². The van der Waals surface area contributed by atoms with Gasteiger partial charge < -0.3 is 15.0 Å². The first-order chi connectivity index (χ1) is 16.4. The molecule has 0 unspecified atom stereocenters. The van der Waals surface area contributed by atoms with E-state index in [1.807, 2.05) is 87.5 Å². The van der Waals surface area contributed by atoms with Gasteiger partial charge in [-0.05, 0) is 55.2 Å². The molecule has 178 valence electrons. The highest BCUT2D eigenvalue weighted by molar-refractivity contribution is 6.31. The number of rotatable bonds is 10. The van der Waals surface area contributed by atoms with Gasteiger partial charge in [0.25, 0.3) is 5.91 Å². The molecule has 0 aliphatic heterocycles. The summed E-state index contributed by atoms with van der Waals surface area (Å²) in [6.07, 6.45) is 0.381. The van der Waals surface area contributed by atoms with Crippen molar-refractivity contribution in [3.8, 4) is 5.75 Å². The molecule has 0 fully saturated rings. The molecule has 0 aliphatic rings. The summed E-state index contributed by atoms with van der Waals surface area (Å²) in [5.41, 5.74) is 3.80. The standard InChI is InChI=1S/C28H31ClN2O3/c1-4-30-28(33)25(17-22-12-6-5-7-13-22)31(18-23-14-8-9-15-24(23)29)27(32)19-34-26-16-10-11-20(2)21(26)3/h5-16,25H,4,17-19H2,1-3H3,(H,30,33)/t25-/m0/s1. The highest BCUT2D eigenvalue weighted by atomic mass is 35.5. The van der Waals surface area contributed by atoms with E-state index in [1.165, 1.54) is 0 Å². The largest absolute Gasteiger partial charge is 0.483 e. The van der Waals surface area contributed by atoms with Crippen LogP contribution in [0, 0.1) is 13.8 Å². The van der Waals surface area contributed by atoms with E-state index in [1.54, 1.807) is 11.0 Å². The molecule has 0 aromatic heterocycles. The molecule has 0 spiro atoms. The van der Waals surface area contributed by atoms with Crippen LogP contribution in [0.2, 0.25) is 5.02 Å². The van der Waals surface area contributed by atoms with Gasteiger partial charge >= 0.3 is 0 Å². The molecule has 0 bridgehead atoms. The lowest BCUT2D eigenvalue weighted by atomic mass is 10.0. The Hall–Kier alpha value is -3.31. The van der Waals surface area contributed by atoms with Gasteiger partial charge in [-0.15, -0.1) is 0 Å². The third kappa shape index (κ3) is 6.61. The van der Waals surface area contributed by atoms with Crippen molar-refractivity contribution < 1.29 is 14.3 Å². The number of nitrogens with zero attached hydrogens (tertiary/aromatic N) is 1. The normalized spacial score (nSPS) is 11.5.